The molecule has 3 aromatic rings. The van der Waals surface area contributed by atoms with E-state index in [1.165, 1.54) is 0 Å². The number of benzene rings is 1. The summed E-state index contributed by atoms with van der Waals surface area (Å²) in [6.45, 7) is 0. The Labute approximate surface area is 117 Å². The van der Waals surface area contributed by atoms with E-state index in [1.807, 2.05) is 48.5 Å². The zero-order valence-electron chi connectivity index (χ0n) is 10.8. The van der Waals surface area contributed by atoms with E-state index in [2.05, 4.69) is 9.97 Å². The van der Waals surface area contributed by atoms with Gasteiger partial charge in [0.05, 0.1) is 17.1 Å². The molecule has 0 fully saturated rings. The van der Waals surface area contributed by atoms with Gasteiger partial charge >= 0.3 is 0 Å². The van der Waals surface area contributed by atoms with Gasteiger partial charge in [-0.25, -0.2) is 0 Å². The second-order valence-corrected chi connectivity index (χ2v) is 4.50. The molecule has 0 amide bonds. The van der Waals surface area contributed by atoms with Crippen LogP contribution in [-0.2, 0) is 0 Å². The average Bonchev–Trinajstić information content (AvgIpc) is 2.48. The molecule has 98 valence electrons. The zero-order chi connectivity index (χ0) is 13.9. The summed E-state index contributed by atoms with van der Waals surface area (Å²) in [5, 5.41) is 0. The first-order valence-corrected chi connectivity index (χ1v) is 6.27. The Morgan fingerprint density at radius 1 is 0.800 bits per heavy atom. The number of hydrogen-bond acceptors (Lipinski definition) is 4. The van der Waals surface area contributed by atoms with Gasteiger partial charge in [0.25, 0.3) is 0 Å². The topological polar surface area (TPSA) is 77.8 Å². The van der Waals surface area contributed by atoms with Crippen molar-refractivity contribution >= 4 is 11.4 Å². The van der Waals surface area contributed by atoms with Crippen molar-refractivity contribution in [2.45, 2.75) is 0 Å². The third kappa shape index (κ3) is 2.31. The van der Waals surface area contributed by atoms with Crippen molar-refractivity contribution in [3.63, 3.8) is 0 Å². The van der Waals surface area contributed by atoms with Crippen LogP contribution in [0.4, 0.5) is 11.4 Å². The van der Waals surface area contributed by atoms with Crippen LogP contribution in [0.1, 0.15) is 0 Å². The van der Waals surface area contributed by atoms with Crippen LogP contribution in [0.2, 0.25) is 0 Å². The summed E-state index contributed by atoms with van der Waals surface area (Å²) in [7, 11) is 0. The lowest BCUT2D eigenvalue weighted by molar-refractivity contribution is 1.28. The molecule has 0 saturated heterocycles. The Bertz CT molecular complexity index is 735. The molecule has 0 bridgehead atoms. The van der Waals surface area contributed by atoms with Crippen molar-refractivity contribution in [2.24, 2.45) is 0 Å². The first-order chi connectivity index (χ1) is 9.74. The number of rotatable bonds is 2. The lowest BCUT2D eigenvalue weighted by Gasteiger charge is -2.06. The van der Waals surface area contributed by atoms with Gasteiger partial charge in [0.15, 0.2) is 0 Å². The molecule has 0 aliphatic rings. The molecular weight excluding hydrogens is 248 g/mol. The van der Waals surface area contributed by atoms with Crippen molar-refractivity contribution < 1.29 is 0 Å². The van der Waals surface area contributed by atoms with E-state index >= 15 is 0 Å². The monoisotopic (exact) mass is 262 g/mol. The van der Waals surface area contributed by atoms with Gasteiger partial charge in [-0.1, -0.05) is 12.1 Å². The largest absolute Gasteiger partial charge is 0.399 e. The molecular formula is C16H14N4. The number of hydrogen-bond donors (Lipinski definition) is 2. The number of pyridine rings is 2. The summed E-state index contributed by atoms with van der Waals surface area (Å²) in [5.41, 5.74) is 16.6. The van der Waals surface area contributed by atoms with E-state index in [0.29, 0.717) is 5.69 Å². The maximum absolute atomic E-state index is 5.91. The molecule has 3 rings (SSSR count). The van der Waals surface area contributed by atoms with E-state index in [1.54, 1.807) is 12.4 Å². The molecule has 0 aliphatic carbocycles. The van der Waals surface area contributed by atoms with Gasteiger partial charge < -0.3 is 11.5 Å². The maximum atomic E-state index is 5.91. The molecule has 4 heteroatoms. The van der Waals surface area contributed by atoms with Crippen molar-refractivity contribution in [3.05, 3.63) is 60.9 Å². The van der Waals surface area contributed by atoms with Crippen LogP contribution in [0, 0.1) is 0 Å². The lowest BCUT2D eigenvalue weighted by atomic mass is 10.1. The summed E-state index contributed by atoms with van der Waals surface area (Å²) in [5.74, 6) is 0. The molecule has 0 aliphatic heterocycles. The smallest absolute Gasteiger partial charge is 0.0946 e. The molecule has 0 radical (unpaired) electrons. The quantitative estimate of drug-likeness (QED) is 0.696. The number of anilines is 2. The summed E-state index contributed by atoms with van der Waals surface area (Å²) < 4.78 is 0. The van der Waals surface area contributed by atoms with Crippen molar-refractivity contribution in [1.82, 2.24) is 9.97 Å². The van der Waals surface area contributed by atoms with Crippen LogP contribution >= 0.6 is 0 Å². The van der Waals surface area contributed by atoms with Gasteiger partial charge in [-0.15, -0.1) is 0 Å². The Kier molecular flexibility index (Phi) is 3.05. The van der Waals surface area contributed by atoms with Crippen molar-refractivity contribution in [2.75, 3.05) is 11.5 Å². The third-order valence-electron chi connectivity index (χ3n) is 3.06. The average molecular weight is 262 g/mol. The second kappa shape index (κ2) is 5.01. The molecule has 1 aromatic carbocycles. The zero-order valence-corrected chi connectivity index (χ0v) is 10.8. The van der Waals surface area contributed by atoms with Crippen LogP contribution < -0.4 is 11.5 Å². The van der Waals surface area contributed by atoms with E-state index in [0.717, 1.165) is 28.2 Å². The van der Waals surface area contributed by atoms with Gasteiger partial charge in [-0.2, -0.15) is 0 Å². The normalized spacial score (nSPS) is 10.4. The molecule has 4 N–H and O–H groups in total. The third-order valence-corrected chi connectivity index (χ3v) is 3.06. The SMILES string of the molecule is Nc1cccc(-c2ccc(-c3ncccc3N)cn2)c1. The van der Waals surface area contributed by atoms with Crippen LogP contribution in [0.3, 0.4) is 0 Å². The summed E-state index contributed by atoms with van der Waals surface area (Å²) >= 11 is 0. The summed E-state index contributed by atoms with van der Waals surface area (Å²) in [4.78, 5) is 8.74. The highest BCUT2D eigenvalue weighted by molar-refractivity contribution is 5.73. The molecule has 20 heavy (non-hydrogen) atoms. The molecule has 2 heterocycles. The number of nitrogens with two attached hydrogens (primary N) is 2. The predicted molar refractivity (Wildman–Crippen MR) is 81.7 cm³/mol. The first kappa shape index (κ1) is 12.2. The van der Waals surface area contributed by atoms with Crippen LogP contribution in [0.25, 0.3) is 22.5 Å². The van der Waals surface area contributed by atoms with Gasteiger partial charge in [-0.05, 0) is 36.4 Å². The molecule has 0 atom stereocenters. The van der Waals surface area contributed by atoms with Crippen LogP contribution in [0.5, 0.6) is 0 Å². The first-order valence-electron chi connectivity index (χ1n) is 6.27. The van der Waals surface area contributed by atoms with Gasteiger partial charge in [0.2, 0.25) is 0 Å². The molecule has 2 aromatic heterocycles. The van der Waals surface area contributed by atoms with Crippen LogP contribution in [0.15, 0.2) is 60.9 Å². The van der Waals surface area contributed by atoms with E-state index in [-0.39, 0.29) is 0 Å². The molecule has 0 unspecified atom stereocenters. The Balaban J connectivity index is 1.98. The Morgan fingerprint density at radius 2 is 1.70 bits per heavy atom. The highest BCUT2D eigenvalue weighted by atomic mass is 14.7. The second-order valence-electron chi connectivity index (χ2n) is 4.50. The predicted octanol–water partition coefficient (Wildman–Crippen LogP) is 2.98. The highest BCUT2D eigenvalue weighted by Gasteiger charge is 2.05. The highest BCUT2D eigenvalue weighted by Crippen LogP contribution is 2.25. The summed E-state index contributed by atoms with van der Waals surface area (Å²) in [6, 6.07) is 15.2. The van der Waals surface area contributed by atoms with E-state index in [4.69, 9.17) is 11.5 Å². The van der Waals surface area contributed by atoms with E-state index in [9.17, 15) is 0 Å². The fraction of sp³-hybridized carbons (Fsp3) is 0. The lowest BCUT2D eigenvalue weighted by Crippen LogP contribution is -1.93. The Morgan fingerprint density at radius 3 is 2.40 bits per heavy atom. The summed E-state index contributed by atoms with van der Waals surface area (Å²) in [6.07, 6.45) is 3.49. The van der Waals surface area contributed by atoms with Crippen molar-refractivity contribution in [1.29, 1.82) is 0 Å². The standard InChI is InChI=1S/C16H14N4/c17-13-4-1-3-11(9-13)15-7-6-12(10-20-15)16-14(18)5-2-8-19-16/h1-10H,17-18H2. The van der Waals surface area contributed by atoms with Gasteiger partial charge in [0, 0.05) is 29.2 Å². The number of nitrogens with zero attached hydrogens (tertiary/aromatic N) is 2. The molecule has 0 saturated carbocycles. The molecule has 4 nitrogen and oxygen atoms in total. The van der Waals surface area contributed by atoms with E-state index < -0.39 is 0 Å². The fourth-order valence-electron chi connectivity index (χ4n) is 2.06. The Hall–Kier alpha value is -2.88. The number of nitrogen functional groups attached to an aromatic ring is 2. The minimum Gasteiger partial charge on any atom is -0.399 e. The minimum absolute atomic E-state index is 0.644. The minimum atomic E-state index is 0.644. The van der Waals surface area contributed by atoms with Crippen LogP contribution in [-0.4, -0.2) is 9.97 Å². The number of aromatic nitrogens is 2. The molecule has 0 spiro atoms. The van der Waals surface area contributed by atoms with Gasteiger partial charge in [0.1, 0.15) is 0 Å². The fourth-order valence-corrected chi connectivity index (χ4v) is 2.06. The van der Waals surface area contributed by atoms with Crippen molar-refractivity contribution in [3.8, 4) is 22.5 Å². The van der Waals surface area contributed by atoms with Gasteiger partial charge in [-0.3, -0.25) is 9.97 Å². The maximum Gasteiger partial charge on any atom is 0.0946 e.